The Bertz CT molecular complexity index is 633. The van der Waals surface area contributed by atoms with Crippen molar-refractivity contribution in [1.29, 1.82) is 0 Å². The summed E-state index contributed by atoms with van der Waals surface area (Å²) in [5.41, 5.74) is 1.32. The molecule has 2 rings (SSSR count). The predicted octanol–water partition coefficient (Wildman–Crippen LogP) is 4.49. The van der Waals surface area contributed by atoms with Gasteiger partial charge < -0.3 is 9.47 Å². The van der Waals surface area contributed by atoms with Crippen molar-refractivity contribution in [3.8, 4) is 16.3 Å². The Kier molecular flexibility index (Phi) is 5.57. The van der Waals surface area contributed by atoms with Crippen molar-refractivity contribution in [2.75, 3.05) is 13.7 Å². The molecule has 4 nitrogen and oxygen atoms in total. The molecular weight excluding hydrogens is 310 g/mol. The predicted molar refractivity (Wildman–Crippen MR) is 83.7 cm³/mol. The number of rotatable bonds is 7. The molecule has 0 aliphatic rings. The van der Waals surface area contributed by atoms with Crippen LogP contribution in [0.25, 0.3) is 10.6 Å². The molecule has 1 unspecified atom stereocenters. The van der Waals surface area contributed by atoms with E-state index in [1.54, 1.807) is 17.6 Å². The minimum atomic E-state index is -2.65. The van der Waals surface area contributed by atoms with Crippen LogP contribution in [0, 0.1) is 0 Å². The molecule has 0 aliphatic heterocycles. The first-order valence-electron chi connectivity index (χ1n) is 6.60. The van der Waals surface area contributed by atoms with Gasteiger partial charge in [0.1, 0.15) is 16.8 Å². The topological polar surface area (TPSA) is 43.7 Å². The van der Waals surface area contributed by atoms with Crippen LogP contribution in [-0.4, -0.2) is 31.8 Å². The van der Waals surface area contributed by atoms with Gasteiger partial charge in [-0.15, -0.1) is 11.3 Å². The number of ether oxygens (including phenoxy) is 2. The van der Waals surface area contributed by atoms with Crippen LogP contribution >= 0.6 is 11.3 Å². The fourth-order valence-corrected chi connectivity index (χ4v) is 2.76. The van der Waals surface area contributed by atoms with E-state index in [2.05, 4.69) is 16.7 Å². The molecular formula is C15H16F2N2O2S. The Hall–Kier alpha value is -1.86. The number of hydrogen-bond acceptors (Lipinski definition) is 5. The molecule has 0 fully saturated rings. The monoisotopic (exact) mass is 326 g/mol. The van der Waals surface area contributed by atoms with Crippen molar-refractivity contribution >= 4 is 23.7 Å². The third-order valence-corrected chi connectivity index (χ3v) is 3.83. The van der Waals surface area contributed by atoms with E-state index in [0.29, 0.717) is 34.2 Å². The second-order valence-corrected chi connectivity index (χ2v) is 5.23. The molecule has 0 amide bonds. The zero-order valence-corrected chi connectivity index (χ0v) is 13.1. The zero-order chi connectivity index (χ0) is 16.1. The van der Waals surface area contributed by atoms with Gasteiger partial charge in [-0.3, -0.25) is 4.99 Å². The number of aromatic nitrogens is 1. The minimum absolute atomic E-state index is 0.313. The van der Waals surface area contributed by atoms with Crippen LogP contribution in [0.15, 0.2) is 28.7 Å². The van der Waals surface area contributed by atoms with E-state index in [1.165, 1.54) is 24.5 Å². The first-order chi connectivity index (χ1) is 10.6. The van der Waals surface area contributed by atoms with Crippen LogP contribution in [0.3, 0.4) is 0 Å². The summed E-state index contributed by atoms with van der Waals surface area (Å²) < 4.78 is 36.8. The average Bonchev–Trinajstić information content (AvgIpc) is 3.02. The molecule has 0 spiro atoms. The fraction of sp³-hybridized carbons (Fsp3) is 0.333. The van der Waals surface area contributed by atoms with Gasteiger partial charge in [-0.1, -0.05) is 0 Å². The highest BCUT2D eigenvalue weighted by molar-refractivity contribution is 7.13. The van der Waals surface area contributed by atoms with Crippen LogP contribution < -0.4 is 4.74 Å². The number of nitrogens with zero attached hydrogens (tertiary/aromatic N) is 2. The summed E-state index contributed by atoms with van der Waals surface area (Å²) >= 11 is 1.39. The molecule has 1 heterocycles. The highest BCUT2D eigenvalue weighted by Gasteiger charge is 2.25. The summed E-state index contributed by atoms with van der Waals surface area (Å²) in [6.45, 7) is 5.75. The molecule has 1 atom stereocenters. The van der Waals surface area contributed by atoms with Gasteiger partial charge in [0, 0.05) is 18.7 Å². The Morgan fingerprint density at radius 2 is 2.18 bits per heavy atom. The number of alkyl halides is 2. The number of benzene rings is 1. The quantitative estimate of drug-likeness (QED) is 0.704. The molecule has 1 aromatic carbocycles. The van der Waals surface area contributed by atoms with Crippen molar-refractivity contribution in [2.24, 2.45) is 4.99 Å². The summed E-state index contributed by atoms with van der Waals surface area (Å²) in [6, 6.07) is 3.12. The zero-order valence-electron chi connectivity index (χ0n) is 12.3. The smallest absolute Gasteiger partial charge is 0.268 e. The Labute approximate surface area is 131 Å². The summed E-state index contributed by atoms with van der Waals surface area (Å²) in [5, 5.41) is 2.47. The van der Waals surface area contributed by atoms with Gasteiger partial charge in [-0.25, -0.2) is 13.8 Å². The minimum Gasteiger partial charge on any atom is -0.491 e. The standard InChI is InChI=1S/C15H16F2N2O2S/c1-4-21-13-10(15-19-5-6-22-15)7-9(8-11(13)18-2)12(20-3)14(16)17/h5-8,12,14H,2,4H2,1,3H3. The number of methoxy groups -OCH3 is 1. The van der Waals surface area contributed by atoms with Gasteiger partial charge in [0.15, 0.2) is 5.75 Å². The van der Waals surface area contributed by atoms with Crippen LogP contribution in [0.4, 0.5) is 14.5 Å². The van der Waals surface area contributed by atoms with Crippen LogP contribution in [0.1, 0.15) is 18.6 Å². The molecule has 7 heteroatoms. The van der Waals surface area contributed by atoms with Crippen LogP contribution in [0.5, 0.6) is 5.75 Å². The largest absolute Gasteiger partial charge is 0.491 e. The molecule has 0 aliphatic carbocycles. The second-order valence-electron chi connectivity index (χ2n) is 4.34. The van der Waals surface area contributed by atoms with Crippen LogP contribution in [0.2, 0.25) is 0 Å². The summed E-state index contributed by atoms with van der Waals surface area (Å²) in [7, 11) is 1.25. The maximum Gasteiger partial charge on any atom is 0.268 e. The van der Waals surface area contributed by atoms with Gasteiger partial charge in [0.2, 0.25) is 0 Å². The van der Waals surface area contributed by atoms with E-state index in [1.807, 2.05) is 6.92 Å². The van der Waals surface area contributed by atoms with Gasteiger partial charge in [0.25, 0.3) is 6.43 Å². The van der Waals surface area contributed by atoms with E-state index in [4.69, 9.17) is 9.47 Å². The lowest BCUT2D eigenvalue weighted by atomic mass is 10.0. The lowest BCUT2D eigenvalue weighted by molar-refractivity contribution is -0.0342. The summed E-state index contributed by atoms with van der Waals surface area (Å²) in [4.78, 5) is 8.12. The number of thiazole rings is 1. The van der Waals surface area contributed by atoms with E-state index >= 15 is 0 Å². The van der Waals surface area contributed by atoms with Crippen molar-refractivity contribution in [2.45, 2.75) is 19.5 Å². The van der Waals surface area contributed by atoms with E-state index in [-0.39, 0.29) is 0 Å². The van der Waals surface area contributed by atoms with E-state index < -0.39 is 12.5 Å². The number of halogens is 2. The first-order valence-corrected chi connectivity index (χ1v) is 7.48. The lowest BCUT2D eigenvalue weighted by Crippen LogP contribution is -2.11. The third kappa shape index (κ3) is 3.31. The third-order valence-electron chi connectivity index (χ3n) is 3.02. The average molecular weight is 326 g/mol. The van der Waals surface area contributed by atoms with Gasteiger partial charge in [-0.2, -0.15) is 0 Å². The molecule has 0 bridgehead atoms. The van der Waals surface area contributed by atoms with E-state index in [0.717, 1.165) is 0 Å². The molecule has 0 saturated heterocycles. The maximum atomic E-state index is 13.1. The molecule has 118 valence electrons. The molecule has 0 N–H and O–H groups in total. The summed E-state index contributed by atoms with van der Waals surface area (Å²) in [6.07, 6.45) is -2.34. The Morgan fingerprint density at radius 1 is 1.41 bits per heavy atom. The van der Waals surface area contributed by atoms with Gasteiger partial charge in [0.05, 0.1) is 12.2 Å². The first kappa shape index (κ1) is 16.5. The molecule has 0 radical (unpaired) electrons. The van der Waals surface area contributed by atoms with E-state index in [9.17, 15) is 8.78 Å². The van der Waals surface area contributed by atoms with Crippen LogP contribution in [-0.2, 0) is 4.74 Å². The van der Waals surface area contributed by atoms with Crippen molar-refractivity contribution in [1.82, 2.24) is 4.98 Å². The van der Waals surface area contributed by atoms with Crippen molar-refractivity contribution < 1.29 is 18.3 Å². The molecule has 22 heavy (non-hydrogen) atoms. The fourth-order valence-electron chi connectivity index (χ4n) is 2.11. The molecule has 2 aromatic rings. The van der Waals surface area contributed by atoms with Gasteiger partial charge in [-0.05, 0) is 31.3 Å². The second kappa shape index (κ2) is 7.42. The molecule has 0 saturated carbocycles. The number of aliphatic imine (C=N–C) groups is 1. The lowest BCUT2D eigenvalue weighted by Gasteiger charge is -2.18. The highest BCUT2D eigenvalue weighted by atomic mass is 32.1. The van der Waals surface area contributed by atoms with Gasteiger partial charge >= 0.3 is 0 Å². The SMILES string of the molecule is C=Nc1cc(C(OC)C(F)F)cc(-c2nccs2)c1OCC. The highest BCUT2D eigenvalue weighted by Crippen LogP contribution is 2.42. The Morgan fingerprint density at radius 3 is 2.68 bits per heavy atom. The number of hydrogen-bond donors (Lipinski definition) is 0. The van der Waals surface area contributed by atoms with Crippen molar-refractivity contribution in [3.63, 3.8) is 0 Å². The summed E-state index contributed by atoms with van der Waals surface area (Å²) in [5.74, 6) is 0.486. The normalized spacial score (nSPS) is 12.4. The Balaban J connectivity index is 2.64. The maximum absolute atomic E-state index is 13.1. The van der Waals surface area contributed by atoms with Crippen molar-refractivity contribution in [3.05, 3.63) is 29.3 Å². The molecule has 1 aromatic heterocycles.